The summed E-state index contributed by atoms with van der Waals surface area (Å²) in [5, 5.41) is 11.0. The molecule has 104 valence electrons. The van der Waals surface area contributed by atoms with E-state index < -0.39 is 4.92 Å². The summed E-state index contributed by atoms with van der Waals surface area (Å²) in [6.45, 7) is 3.80. The van der Waals surface area contributed by atoms with Crippen LogP contribution in [0.15, 0.2) is 30.5 Å². The molecule has 0 atom stereocenters. The summed E-state index contributed by atoms with van der Waals surface area (Å²) in [5.74, 6) is 0.613. The van der Waals surface area contributed by atoms with Gasteiger partial charge in [-0.15, -0.1) is 0 Å². The van der Waals surface area contributed by atoms with Gasteiger partial charge in [-0.2, -0.15) is 0 Å². The number of rotatable bonds is 4. The number of hydrogen-bond donors (Lipinski definition) is 0. The molecular formula is C13H12ClN3O3. The third-order valence-corrected chi connectivity index (χ3v) is 2.60. The third kappa shape index (κ3) is 3.21. The number of nitro groups is 1. The quantitative estimate of drug-likeness (QED) is 0.490. The summed E-state index contributed by atoms with van der Waals surface area (Å²) in [7, 11) is 0. The standard InChI is InChI=1S/C13H12ClN3O3/c1-8(2)20-10-5-3-4-9(6-10)12-11(17(18)19)7-15-13(14)16-12/h3-8H,1-2H3. The molecule has 0 amide bonds. The van der Waals surface area contributed by atoms with Gasteiger partial charge in [-0.1, -0.05) is 12.1 Å². The summed E-state index contributed by atoms with van der Waals surface area (Å²) >= 11 is 5.72. The molecule has 0 saturated heterocycles. The molecule has 0 bridgehead atoms. The summed E-state index contributed by atoms with van der Waals surface area (Å²) in [4.78, 5) is 18.1. The van der Waals surface area contributed by atoms with E-state index in [4.69, 9.17) is 16.3 Å². The molecule has 0 saturated carbocycles. The van der Waals surface area contributed by atoms with Crippen molar-refractivity contribution in [3.8, 4) is 17.0 Å². The van der Waals surface area contributed by atoms with Crippen LogP contribution in [-0.2, 0) is 0 Å². The average molecular weight is 294 g/mol. The molecule has 0 aliphatic rings. The highest BCUT2D eigenvalue weighted by Gasteiger charge is 2.19. The van der Waals surface area contributed by atoms with Crippen LogP contribution >= 0.6 is 11.6 Å². The predicted molar refractivity (Wildman–Crippen MR) is 74.9 cm³/mol. The maximum atomic E-state index is 11.0. The van der Waals surface area contributed by atoms with Crippen molar-refractivity contribution in [1.29, 1.82) is 0 Å². The van der Waals surface area contributed by atoms with Gasteiger partial charge in [-0.05, 0) is 37.6 Å². The zero-order chi connectivity index (χ0) is 14.7. The van der Waals surface area contributed by atoms with E-state index in [1.54, 1.807) is 24.3 Å². The van der Waals surface area contributed by atoms with Gasteiger partial charge in [0.15, 0.2) is 5.69 Å². The zero-order valence-corrected chi connectivity index (χ0v) is 11.7. The van der Waals surface area contributed by atoms with Crippen molar-refractivity contribution < 1.29 is 9.66 Å². The van der Waals surface area contributed by atoms with Gasteiger partial charge in [0.1, 0.15) is 11.9 Å². The SMILES string of the molecule is CC(C)Oc1cccc(-c2nc(Cl)ncc2[N+](=O)[O-])c1. The number of nitrogens with zero attached hydrogens (tertiary/aromatic N) is 3. The molecule has 0 aliphatic heterocycles. The first-order valence-electron chi connectivity index (χ1n) is 5.91. The predicted octanol–water partition coefficient (Wildman–Crippen LogP) is 3.49. The van der Waals surface area contributed by atoms with Crippen LogP contribution in [0.1, 0.15) is 13.8 Å². The fourth-order valence-electron chi connectivity index (χ4n) is 1.69. The summed E-state index contributed by atoms with van der Waals surface area (Å²) < 4.78 is 5.56. The van der Waals surface area contributed by atoms with Gasteiger partial charge in [0.05, 0.1) is 11.0 Å². The van der Waals surface area contributed by atoms with E-state index in [0.29, 0.717) is 11.3 Å². The van der Waals surface area contributed by atoms with Gasteiger partial charge in [0.25, 0.3) is 0 Å². The Balaban J connectivity index is 2.50. The molecule has 6 nitrogen and oxygen atoms in total. The fraction of sp³-hybridized carbons (Fsp3) is 0.231. The van der Waals surface area contributed by atoms with Crippen LogP contribution in [-0.4, -0.2) is 21.0 Å². The number of halogens is 1. The van der Waals surface area contributed by atoms with Gasteiger partial charge >= 0.3 is 5.69 Å². The first-order chi connectivity index (χ1) is 9.47. The van der Waals surface area contributed by atoms with Gasteiger partial charge in [0, 0.05) is 5.56 Å². The largest absolute Gasteiger partial charge is 0.491 e. The second kappa shape index (κ2) is 5.83. The van der Waals surface area contributed by atoms with Crippen molar-refractivity contribution in [2.75, 3.05) is 0 Å². The minimum absolute atomic E-state index is 0.00854. The highest BCUT2D eigenvalue weighted by Crippen LogP contribution is 2.30. The second-order valence-electron chi connectivity index (χ2n) is 4.32. The Kier molecular flexibility index (Phi) is 4.14. The molecule has 1 aromatic heterocycles. The van der Waals surface area contributed by atoms with Crippen LogP contribution in [0.25, 0.3) is 11.3 Å². The molecule has 0 fully saturated rings. The highest BCUT2D eigenvalue weighted by molar-refractivity contribution is 6.28. The van der Waals surface area contributed by atoms with Gasteiger partial charge in [-0.3, -0.25) is 10.1 Å². The first kappa shape index (κ1) is 14.2. The molecule has 0 spiro atoms. The minimum Gasteiger partial charge on any atom is -0.491 e. The number of aromatic nitrogens is 2. The van der Waals surface area contributed by atoms with Crippen LogP contribution in [0.5, 0.6) is 5.75 Å². The molecule has 20 heavy (non-hydrogen) atoms. The Morgan fingerprint density at radius 1 is 1.40 bits per heavy atom. The Morgan fingerprint density at radius 3 is 2.80 bits per heavy atom. The van der Waals surface area contributed by atoms with Crippen molar-refractivity contribution in [3.05, 3.63) is 45.9 Å². The van der Waals surface area contributed by atoms with E-state index >= 15 is 0 Å². The fourth-order valence-corrected chi connectivity index (χ4v) is 1.82. The van der Waals surface area contributed by atoms with Gasteiger partial charge in [-0.25, -0.2) is 9.97 Å². The summed E-state index contributed by atoms with van der Waals surface area (Å²) in [6.07, 6.45) is 1.11. The van der Waals surface area contributed by atoms with E-state index in [2.05, 4.69) is 9.97 Å². The van der Waals surface area contributed by atoms with E-state index in [1.807, 2.05) is 13.8 Å². The van der Waals surface area contributed by atoms with Crippen LogP contribution in [0, 0.1) is 10.1 Å². The van der Waals surface area contributed by atoms with E-state index in [9.17, 15) is 10.1 Å². The lowest BCUT2D eigenvalue weighted by atomic mass is 10.1. The molecule has 0 radical (unpaired) electrons. The molecule has 7 heteroatoms. The minimum atomic E-state index is -0.540. The van der Waals surface area contributed by atoms with Crippen molar-refractivity contribution in [3.63, 3.8) is 0 Å². The van der Waals surface area contributed by atoms with Crippen LogP contribution in [0.4, 0.5) is 5.69 Å². The highest BCUT2D eigenvalue weighted by atomic mass is 35.5. The number of ether oxygens (including phenoxy) is 1. The second-order valence-corrected chi connectivity index (χ2v) is 4.66. The lowest BCUT2D eigenvalue weighted by Crippen LogP contribution is -2.05. The molecule has 1 heterocycles. The molecule has 0 N–H and O–H groups in total. The normalized spacial score (nSPS) is 10.6. The van der Waals surface area contributed by atoms with Crippen molar-refractivity contribution in [2.24, 2.45) is 0 Å². The molecule has 2 aromatic rings. The molecule has 0 unspecified atom stereocenters. The number of hydrogen-bond acceptors (Lipinski definition) is 5. The number of benzene rings is 1. The Morgan fingerprint density at radius 2 is 2.15 bits per heavy atom. The molecule has 0 aliphatic carbocycles. The smallest absolute Gasteiger partial charge is 0.313 e. The molecule has 1 aromatic carbocycles. The van der Waals surface area contributed by atoms with E-state index in [1.165, 1.54) is 0 Å². The van der Waals surface area contributed by atoms with Crippen LogP contribution < -0.4 is 4.74 Å². The monoisotopic (exact) mass is 293 g/mol. The van der Waals surface area contributed by atoms with Crippen molar-refractivity contribution in [2.45, 2.75) is 20.0 Å². The topological polar surface area (TPSA) is 78.2 Å². The van der Waals surface area contributed by atoms with Gasteiger partial charge < -0.3 is 4.74 Å². The van der Waals surface area contributed by atoms with Gasteiger partial charge in [0.2, 0.25) is 5.28 Å². The maximum Gasteiger partial charge on any atom is 0.313 e. The maximum absolute atomic E-state index is 11.0. The summed E-state index contributed by atoms with van der Waals surface area (Å²) in [6, 6.07) is 6.91. The Labute approximate surface area is 120 Å². The summed E-state index contributed by atoms with van der Waals surface area (Å²) in [5.41, 5.74) is 0.527. The molecular weight excluding hydrogens is 282 g/mol. The van der Waals surface area contributed by atoms with Crippen LogP contribution in [0.3, 0.4) is 0 Å². The average Bonchev–Trinajstić information content (AvgIpc) is 2.37. The lowest BCUT2D eigenvalue weighted by Gasteiger charge is -2.10. The van der Waals surface area contributed by atoms with Crippen molar-refractivity contribution >= 4 is 17.3 Å². The van der Waals surface area contributed by atoms with Crippen LogP contribution in [0.2, 0.25) is 5.28 Å². The van der Waals surface area contributed by atoms with E-state index in [0.717, 1.165) is 6.20 Å². The third-order valence-electron chi connectivity index (χ3n) is 2.42. The molecule has 2 rings (SSSR count). The zero-order valence-electron chi connectivity index (χ0n) is 10.9. The van der Waals surface area contributed by atoms with Crippen molar-refractivity contribution in [1.82, 2.24) is 9.97 Å². The Bertz CT molecular complexity index is 647. The first-order valence-corrected chi connectivity index (χ1v) is 6.29. The lowest BCUT2D eigenvalue weighted by molar-refractivity contribution is -0.384. The van der Waals surface area contributed by atoms with E-state index in [-0.39, 0.29) is 22.8 Å². The Hall–Kier alpha value is -2.21.